The summed E-state index contributed by atoms with van der Waals surface area (Å²) < 4.78 is 33.9. The van der Waals surface area contributed by atoms with Gasteiger partial charge in [0.05, 0.1) is 4.90 Å². The maximum atomic E-state index is 12.8. The molecule has 1 aromatic heterocycles. The molecule has 2 N–H and O–H groups in total. The predicted molar refractivity (Wildman–Crippen MR) is 125 cm³/mol. The van der Waals surface area contributed by atoms with Crippen molar-refractivity contribution in [3.63, 3.8) is 0 Å². The van der Waals surface area contributed by atoms with Gasteiger partial charge in [-0.05, 0) is 73.9 Å². The number of carbonyl (C=O) groups excluding carboxylic acids is 1. The second-order valence-corrected chi connectivity index (χ2v) is 9.12. The standard InChI is InChI=1S/C24H27N3O4S/c1-4-5-14-25-23(28)21-7-6-15-26-24(21)31-20-12-10-19(11-13-20)27-32(29,30)22-16-17(2)8-9-18(22)3/h6-13,15-16,27H,4-5,14H2,1-3H3,(H,25,28). The number of unbranched alkanes of at least 4 members (excludes halogenated alkanes) is 1. The third-order valence-corrected chi connectivity index (χ3v) is 6.31. The molecular weight excluding hydrogens is 426 g/mol. The maximum Gasteiger partial charge on any atom is 0.262 e. The molecule has 0 spiro atoms. The molecule has 1 amide bonds. The zero-order chi connectivity index (χ0) is 23.1. The molecule has 0 aliphatic heterocycles. The van der Waals surface area contributed by atoms with E-state index in [0.29, 0.717) is 29.1 Å². The lowest BCUT2D eigenvalue weighted by Crippen LogP contribution is -2.24. The molecule has 8 heteroatoms. The largest absolute Gasteiger partial charge is 0.438 e. The van der Waals surface area contributed by atoms with Crippen molar-refractivity contribution in [1.29, 1.82) is 0 Å². The molecule has 3 aromatic rings. The summed E-state index contributed by atoms with van der Waals surface area (Å²) in [5.74, 6) is 0.366. The van der Waals surface area contributed by atoms with Crippen LogP contribution in [0.4, 0.5) is 5.69 Å². The van der Waals surface area contributed by atoms with Crippen LogP contribution in [0.25, 0.3) is 0 Å². The predicted octanol–water partition coefficient (Wildman–Crippen LogP) is 4.82. The van der Waals surface area contributed by atoms with E-state index in [0.717, 1.165) is 18.4 Å². The highest BCUT2D eigenvalue weighted by Gasteiger charge is 2.18. The summed E-state index contributed by atoms with van der Waals surface area (Å²) in [6.07, 6.45) is 3.42. The normalized spacial score (nSPS) is 11.1. The minimum absolute atomic E-state index is 0.185. The van der Waals surface area contributed by atoms with Crippen molar-refractivity contribution in [2.75, 3.05) is 11.3 Å². The SMILES string of the molecule is CCCCNC(=O)c1cccnc1Oc1ccc(NS(=O)(=O)c2cc(C)ccc2C)cc1. The molecule has 3 rings (SSSR count). The summed E-state index contributed by atoms with van der Waals surface area (Å²) in [5.41, 5.74) is 2.27. The van der Waals surface area contributed by atoms with E-state index in [1.807, 2.05) is 13.0 Å². The summed E-state index contributed by atoms with van der Waals surface area (Å²) in [7, 11) is -3.72. The van der Waals surface area contributed by atoms with Crippen LogP contribution in [0.15, 0.2) is 65.7 Å². The Bertz CT molecular complexity index is 1190. The Balaban J connectivity index is 1.73. The van der Waals surface area contributed by atoms with Crippen LogP contribution in [0.3, 0.4) is 0 Å². The number of nitrogens with one attached hydrogen (secondary N) is 2. The Morgan fingerprint density at radius 1 is 1.06 bits per heavy atom. The van der Waals surface area contributed by atoms with Gasteiger partial charge in [0.25, 0.3) is 15.9 Å². The van der Waals surface area contributed by atoms with Crippen LogP contribution in [0.2, 0.25) is 0 Å². The van der Waals surface area contributed by atoms with Crippen molar-refractivity contribution in [3.05, 3.63) is 77.5 Å². The monoisotopic (exact) mass is 453 g/mol. The molecule has 2 aromatic carbocycles. The van der Waals surface area contributed by atoms with E-state index in [-0.39, 0.29) is 16.7 Å². The number of benzene rings is 2. The van der Waals surface area contributed by atoms with Crippen molar-refractivity contribution in [3.8, 4) is 11.6 Å². The summed E-state index contributed by atoms with van der Waals surface area (Å²) in [5, 5.41) is 2.85. The van der Waals surface area contributed by atoms with Gasteiger partial charge in [-0.2, -0.15) is 0 Å². The average molecular weight is 454 g/mol. The number of hydrogen-bond acceptors (Lipinski definition) is 5. The summed E-state index contributed by atoms with van der Waals surface area (Å²) in [6, 6.07) is 15.1. The quantitative estimate of drug-likeness (QED) is 0.453. The van der Waals surface area contributed by atoms with E-state index < -0.39 is 10.0 Å². The Hall–Kier alpha value is -3.39. The Kier molecular flexibility index (Phi) is 7.48. The number of carbonyl (C=O) groups is 1. The zero-order valence-corrected chi connectivity index (χ0v) is 19.2. The first-order chi connectivity index (χ1) is 15.3. The van der Waals surface area contributed by atoms with Crippen molar-refractivity contribution in [2.24, 2.45) is 0 Å². The molecule has 0 bridgehead atoms. The van der Waals surface area contributed by atoms with Gasteiger partial charge in [-0.1, -0.05) is 25.5 Å². The molecule has 0 atom stereocenters. The lowest BCUT2D eigenvalue weighted by molar-refractivity contribution is 0.0950. The van der Waals surface area contributed by atoms with Crippen LogP contribution >= 0.6 is 0 Å². The molecule has 0 radical (unpaired) electrons. The average Bonchev–Trinajstić information content (AvgIpc) is 2.77. The number of nitrogens with zero attached hydrogens (tertiary/aromatic N) is 1. The fourth-order valence-corrected chi connectivity index (χ4v) is 4.42. The number of rotatable bonds is 9. The topological polar surface area (TPSA) is 97.4 Å². The van der Waals surface area contributed by atoms with E-state index in [4.69, 9.17) is 4.74 Å². The van der Waals surface area contributed by atoms with Crippen LogP contribution in [-0.2, 0) is 10.0 Å². The minimum atomic E-state index is -3.72. The highest BCUT2D eigenvalue weighted by molar-refractivity contribution is 7.92. The van der Waals surface area contributed by atoms with Crippen LogP contribution in [0.5, 0.6) is 11.6 Å². The maximum absolute atomic E-state index is 12.8. The molecule has 0 saturated carbocycles. The number of aromatic nitrogens is 1. The lowest BCUT2D eigenvalue weighted by atomic mass is 10.2. The second kappa shape index (κ2) is 10.3. The van der Waals surface area contributed by atoms with E-state index in [9.17, 15) is 13.2 Å². The highest BCUT2D eigenvalue weighted by atomic mass is 32.2. The fourth-order valence-electron chi connectivity index (χ4n) is 3.03. The number of anilines is 1. The summed E-state index contributed by atoms with van der Waals surface area (Å²) in [4.78, 5) is 16.8. The molecule has 168 valence electrons. The van der Waals surface area contributed by atoms with Crippen molar-refractivity contribution >= 4 is 21.6 Å². The minimum Gasteiger partial charge on any atom is -0.438 e. The molecule has 0 unspecified atom stereocenters. The van der Waals surface area contributed by atoms with Crippen LogP contribution < -0.4 is 14.8 Å². The van der Waals surface area contributed by atoms with E-state index in [1.165, 1.54) is 0 Å². The van der Waals surface area contributed by atoms with Gasteiger partial charge >= 0.3 is 0 Å². The zero-order valence-electron chi connectivity index (χ0n) is 18.4. The first kappa shape index (κ1) is 23.3. The third-order valence-electron chi connectivity index (χ3n) is 4.79. The molecule has 0 aliphatic carbocycles. The first-order valence-corrected chi connectivity index (χ1v) is 11.9. The highest BCUT2D eigenvalue weighted by Crippen LogP contribution is 2.26. The first-order valence-electron chi connectivity index (χ1n) is 10.4. The number of aryl methyl sites for hydroxylation is 2. The van der Waals surface area contributed by atoms with Gasteiger partial charge in [0.15, 0.2) is 0 Å². The number of sulfonamides is 1. The van der Waals surface area contributed by atoms with Gasteiger partial charge in [0.2, 0.25) is 5.88 Å². The summed E-state index contributed by atoms with van der Waals surface area (Å²) >= 11 is 0. The van der Waals surface area contributed by atoms with Gasteiger partial charge in [-0.3, -0.25) is 9.52 Å². The van der Waals surface area contributed by atoms with Gasteiger partial charge in [-0.15, -0.1) is 0 Å². The van der Waals surface area contributed by atoms with Crippen LogP contribution in [0, 0.1) is 13.8 Å². The molecule has 0 aliphatic rings. The summed E-state index contributed by atoms with van der Waals surface area (Å²) in [6.45, 7) is 6.24. The molecule has 7 nitrogen and oxygen atoms in total. The fraction of sp³-hybridized carbons (Fsp3) is 0.250. The van der Waals surface area contributed by atoms with Crippen LogP contribution in [0.1, 0.15) is 41.3 Å². The van der Waals surface area contributed by atoms with Crippen molar-refractivity contribution in [1.82, 2.24) is 10.3 Å². The molecule has 1 heterocycles. The third kappa shape index (κ3) is 5.85. The number of ether oxygens (including phenoxy) is 1. The second-order valence-electron chi connectivity index (χ2n) is 7.47. The molecule has 32 heavy (non-hydrogen) atoms. The lowest BCUT2D eigenvalue weighted by Gasteiger charge is -2.13. The van der Waals surface area contributed by atoms with Gasteiger partial charge in [0, 0.05) is 18.4 Å². The Morgan fingerprint density at radius 2 is 1.81 bits per heavy atom. The van der Waals surface area contributed by atoms with E-state index in [2.05, 4.69) is 21.9 Å². The van der Waals surface area contributed by atoms with Crippen molar-refractivity contribution in [2.45, 2.75) is 38.5 Å². The number of hydrogen-bond donors (Lipinski definition) is 2. The Labute approximate surface area is 188 Å². The van der Waals surface area contributed by atoms with Gasteiger partial charge < -0.3 is 10.1 Å². The van der Waals surface area contributed by atoms with Crippen molar-refractivity contribution < 1.29 is 17.9 Å². The van der Waals surface area contributed by atoms with E-state index in [1.54, 1.807) is 61.7 Å². The number of pyridine rings is 1. The van der Waals surface area contributed by atoms with Crippen LogP contribution in [-0.4, -0.2) is 25.9 Å². The van der Waals surface area contributed by atoms with Gasteiger partial charge in [-0.25, -0.2) is 13.4 Å². The molecular formula is C24H27N3O4S. The van der Waals surface area contributed by atoms with Gasteiger partial charge in [0.1, 0.15) is 11.3 Å². The van der Waals surface area contributed by atoms with E-state index >= 15 is 0 Å². The smallest absolute Gasteiger partial charge is 0.262 e. The number of amides is 1. The molecule has 0 saturated heterocycles. The molecule has 0 fully saturated rings. The Morgan fingerprint density at radius 3 is 2.53 bits per heavy atom.